The molecular formula is C13H21N3O5. The van der Waals surface area contributed by atoms with Gasteiger partial charge in [-0.25, -0.2) is 9.59 Å². The molecule has 2 atom stereocenters. The number of carboxylic acids is 1. The lowest BCUT2D eigenvalue weighted by molar-refractivity contribution is -0.147. The highest BCUT2D eigenvalue weighted by molar-refractivity contribution is 6.01. The highest BCUT2D eigenvalue weighted by Gasteiger charge is 2.33. The van der Waals surface area contributed by atoms with Crippen molar-refractivity contribution in [3.8, 4) is 0 Å². The van der Waals surface area contributed by atoms with Crippen LogP contribution in [0.15, 0.2) is 0 Å². The number of nitrogens with zero attached hydrogens (tertiary/aromatic N) is 1. The lowest BCUT2D eigenvalue weighted by Crippen LogP contribution is -2.56. The second kappa shape index (κ2) is 7.05. The summed E-state index contributed by atoms with van der Waals surface area (Å²) in [7, 11) is 1.36. The van der Waals surface area contributed by atoms with Gasteiger partial charge in [0, 0.05) is 13.5 Å². The van der Waals surface area contributed by atoms with Crippen LogP contribution in [0.4, 0.5) is 4.79 Å². The van der Waals surface area contributed by atoms with Crippen molar-refractivity contribution in [3.05, 3.63) is 0 Å². The number of carbonyl (C=O) groups is 4. The number of piperidine rings is 1. The van der Waals surface area contributed by atoms with Crippen LogP contribution >= 0.6 is 0 Å². The Kier molecular flexibility index (Phi) is 5.69. The van der Waals surface area contributed by atoms with E-state index in [2.05, 4.69) is 10.6 Å². The third-order valence-corrected chi connectivity index (χ3v) is 3.27. The van der Waals surface area contributed by atoms with Gasteiger partial charge in [-0.1, -0.05) is 13.8 Å². The molecule has 1 fully saturated rings. The summed E-state index contributed by atoms with van der Waals surface area (Å²) in [5.41, 5.74) is 0. The van der Waals surface area contributed by atoms with E-state index in [0.717, 1.165) is 4.90 Å². The van der Waals surface area contributed by atoms with Crippen molar-refractivity contribution in [2.24, 2.45) is 5.92 Å². The maximum absolute atomic E-state index is 11.8. The number of rotatable bonds is 5. The lowest BCUT2D eigenvalue weighted by atomic mass is 10.0. The number of imide groups is 1. The van der Waals surface area contributed by atoms with Gasteiger partial charge in [0.2, 0.25) is 5.91 Å². The van der Waals surface area contributed by atoms with E-state index >= 15 is 0 Å². The van der Waals surface area contributed by atoms with Crippen LogP contribution in [0, 0.1) is 5.92 Å². The smallest absolute Gasteiger partial charge is 0.326 e. The van der Waals surface area contributed by atoms with E-state index in [1.54, 1.807) is 0 Å². The molecule has 0 saturated carbocycles. The highest BCUT2D eigenvalue weighted by Crippen LogP contribution is 2.11. The molecule has 0 bridgehead atoms. The van der Waals surface area contributed by atoms with Gasteiger partial charge in [-0.15, -0.1) is 0 Å². The first-order chi connectivity index (χ1) is 9.72. The van der Waals surface area contributed by atoms with Gasteiger partial charge in [0.25, 0.3) is 5.91 Å². The third kappa shape index (κ3) is 4.73. The molecule has 0 aliphatic carbocycles. The zero-order valence-corrected chi connectivity index (χ0v) is 12.4. The van der Waals surface area contributed by atoms with Crippen molar-refractivity contribution in [2.75, 3.05) is 7.05 Å². The SMILES string of the molecule is CC(C)CC(NC(=O)NC1CCC(=O)N(C)C1=O)C(=O)O. The van der Waals surface area contributed by atoms with Gasteiger partial charge < -0.3 is 15.7 Å². The van der Waals surface area contributed by atoms with Crippen molar-refractivity contribution in [2.45, 2.75) is 45.2 Å². The molecule has 8 nitrogen and oxygen atoms in total. The number of carbonyl (C=O) groups excluding carboxylic acids is 3. The predicted molar refractivity (Wildman–Crippen MR) is 73.3 cm³/mol. The second-order valence-corrected chi connectivity index (χ2v) is 5.52. The summed E-state index contributed by atoms with van der Waals surface area (Å²) in [4.78, 5) is 47.0. The third-order valence-electron chi connectivity index (χ3n) is 3.27. The zero-order chi connectivity index (χ0) is 16.2. The Morgan fingerprint density at radius 2 is 2.00 bits per heavy atom. The van der Waals surface area contributed by atoms with E-state index in [0.29, 0.717) is 6.42 Å². The summed E-state index contributed by atoms with van der Waals surface area (Å²) >= 11 is 0. The van der Waals surface area contributed by atoms with Gasteiger partial charge >= 0.3 is 12.0 Å². The molecule has 1 aliphatic heterocycles. The molecule has 1 saturated heterocycles. The molecule has 0 spiro atoms. The monoisotopic (exact) mass is 299 g/mol. The van der Waals surface area contributed by atoms with Crippen LogP contribution in [0.5, 0.6) is 0 Å². The van der Waals surface area contributed by atoms with Crippen molar-refractivity contribution >= 4 is 23.8 Å². The van der Waals surface area contributed by atoms with Gasteiger partial charge in [-0.2, -0.15) is 0 Å². The first-order valence-corrected chi connectivity index (χ1v) is 6.82. The van der Waals surface area contributed by atoms with E-state index in [1.165, 1.54) is 7.05 Å². The van der Waals surface area contributed by atoms with Crippen LogP contribution in [0.2, 0.25) is 0 Å². The molecule has 4 amide bonds. The van der Waals surface area contributed by atoms with Crippen molar-refractivity contribution < 1.29 is 24.3 Å². The van der Waals surface area contributed by atoms with Crippen LogP contribution in [0.3, 0.4) is 0 Å². The number of hydrogen-bond acceptors (Lipinski definition) is 4. The van der Waals surface area contributed by atoms with E-state index < -0.39 is 30.0 Å². The van der Waals surface area contributed by atoms with Crippen LogP contribution in [0.25, 0.3) is 0 Å². The average molecular weight is 299 g/mol. The molecule has 21 heavy (non-hydrogen) atoms. The maximum Gasteiger partial charge on any atom is 0.326 e. The molecule has 0 aromatic heterocycles. The number of aliphatic carboxylic acids is 1. The average Bonchev–Trinajstić information content (AvgIpc) is 2.38. The molecule has 1 aliphatic rings. The van der Waals surface area contributed by atoms with Gasteiger partial charge in [-0.05, 0) is 18.8 Å². The molecule has 118 valence electrons. The first-order valence-electron chi connectivity index (χ1n) is 6.82. The van der Waals surface area contributed by atoms with E-state index in [4.69, 9.17) is 5.11 Å². The normalized spacial score (nSPS) is 20.4. The summed E-state index contributed by atoms with van der Waals surface area (Å²) < 4.78 is 0. The van der Waals surface area contributed by atoms with Gasteiger partial charge in [0.15, 0.2) is 0 Å². The van der Waals surface area contributed by atoms with Crippen LogP contribution < -0.4 is 10.6 Å². The van der Waals surface area contributed by atoms with Gasteiger partial charge in [0.1, 0.15) is 12.1 Å². The molecule has 3 N–H and O–H groups in total. The fourth-order valence-electron chi connectivity index (χ4n) is 2.10. The highest BCUT2D eigenvalue weighted by atomic mass is 16.4. The van der Waals surface area contributed by atoms with Crippen LogP contribution in [0.1, 0.15) is 33.1 Å². The summed E-state index contributed by atoms with van der Waals surface area (Å²) in [6.07, 6.45) is 0.679. The topological polar surface area (TPSA) is 116 Å². The molecule has 0 aromatic carbocycles. The number of likely N-dealkylation sites (tertiary alicyclic amines) is 1. The van der Waals surface area contributed by atoms with Crippen LogP contribution in [-0.4, -0.2) is 53.0 Å². The maximum atomic E-state index is 11.8. The Morgan fingerprint density at radius 1 is 1.38 bits per heavy atom. The summed E-state index contributed by atoms with van der Waals surface area (Å²) in [6, 6.07) is -2.53. The Bertz CT molecular complexity index is 449. The Balaban J connectivity index is 2.58. The van der Waals surface area contributed by atoms with Gasteiger partial charge in [0.05, 0.1) is 0 Å². The lowest BCUT2D eigenvalue weighted by Gasteiger charge is -2.28. The van der Waals surface area contributed by atoms with Crippen molar-refractivity contribution in [3.63, 3.8) is 0 Å². The summed E-state index contributed by atoms with van der Waals surface area (Å²) in [5.74, 6) is -1.80. The Hall–Kier alpha value is -2.12. The number of urea groups is 1. The molecule has 1 heterocycles. The fraction of sp³-hybridized carbons (Fsp3) is 0.692. The molecule has 0 aromatic rings. The number of amides is 4. The molecule has 0 radical (unpaired) electrons. The van der Waals surface area contributed by atoms with Crippen molar-refractivity contribution in [1.82, 2.24) is 15.5 Å². The van der Waals surface area contributed by atoms with E-state index in [1.807, 2.05) is 13.8 Å². The second-order valence-electron chi connectivity index (χ2n) is 5.52. The largest absolute Gasteiger partial charge is 0.480 e. The molecular weight excluding hydrogens is 278 g/mol. The summed E-state index contributed by atoms with van der Waals surface area (Å²) in [6.45, 7) is 3.70. The standard InChI is InChI=1S/C13H21N3O5/c1-7(2)6-9(12(19)20)15-13(21)14-8-4-5-10(17)16(3)11(8)18/h7-9H,4-6H2,1-3H3,(H,19,20)(H2,14,15,21). The minimum Gasteiger partial charge on any atom is -0.480 e. The minimum absolute atomic E-state index is 0.103. The molecule has 2 unspecified atom stereocenters. The quantitative estimate of drug-likeness (QED) is 0.615. The molecule has 1 rings (SSSR count). The zero-order valence-electron chi connectivity index (χ0n) is 12.4. The fourth-order valence-corrected chi connectivity index (χ4v) is 2.10. The number of carboxylic acid groups (broad SMARTS) is 1. The predicted octanol–water partition coefficient (Wildman–Crippen LogP) is -0.0677. The Morgan fingerprint density at radius 3 is 2.52 bits per heavy atom. The summed E-state index contributed by atoms with van der Waals surface area (Å²) in [5, 5.41) is 13.8. The van der Waals surface area contributed by atoms with E-state index in [9.17, 15) is 19.2 Å². The number of nitrogens with one attached hydrogen (secondary N) is 2. The van der Waals surface area contributed by atoms with Gasteiger partial charge in [-0.3, -0.25) is 14.5 Å². The number of hydrogen-bond donors (Lipinski definition) is 3. The number of likely N-dealkylation sites (N-methyl/N-ethyl adjacent to an activating group) is 1. The Labute approximate surface area is 122 Å². The minimum atomic E-state index is -1.12. The van der Waals surface area contributed by atoms with E-state index in [-0.39, 0.29) is 24.7 Å². The van der Waals surface area contributed by atoms with Crippen molar-refractivity contribution in [1.29, 1.82) is 0 Å². The van der Waals surface area contributed by atoms with Crippen LogP contribution in [-0.2, 0) is 14.4 Å². The first kappa shape index (κ1) is 16.9. The molecule has 8 heteroatoms.